The van der Waals surface area contributed by atoms with Crippen LogP contribution in [0.3, 0.4) is 0 Å². The van der Waals surface area contributed by atoms with E-state index in [1.165, 1.54) is 0 Å². The van der Waals surface area contributed by atoms with Crippen LogP contribution < -0.4 is 11.1 Å². The van der Waals surface area contributed by atoms with E-state index >= 15 is 0 Å². The van der Waals surface area contributed by atoms with Crippen LogP contribution in [-0.2, 0) is 16.0 Å². The molecule has 1 aliphatic heterocycles. The molecule has 3 N–H and O–H groups in total. The average molecular weight is 339 g/mol. The SMILES string of the molecule is NCCNC(=O)C1CCCN(C(=O)CCc2cc(F)ccc2F)C1. The Labute approximate surface area is 140 Å². The lowest BCUT2D eigenvalue weighted by Crippen LogP contribution is -2.46. The van der Waals surface area contributed by atoms with Gasteiger partial charge in [0.1, 0.15) is 11.6 Å². The molecule has 1 aliphatic rings. The molecule has 1 aromatic rings. The van der Waals surface area contributed by atoms with Gasteiger partial charge in [0, 0.05) is 32.6 Å². The van der Waals surface area contributed by atoms with Gasteiger partial charge in [0.05, 0.1) is 5.92 Å². The Bertz CT molecular complexity index is 595. The molecule has 1 saturated heterocycles. The molecule has 0 radical (unpaired) electrons. The van der Waals surface area contributed by atoms with Gasteiger partial charge in [-0.3, -0.25) is 9.59 Å². The quantitative estimate of drug-likeness (QED) is 0.818. The number of nitrogens with two attached hydrogens (primary N) is 1. The zero-order valence-electron chi connectivity index (χ0n) is 13.6. The Morgan fingerprint density at radius 1 is 1.33 bits per heavy atom. The number of nitrogens with zero attached hydrogens (tertiary/aromatic N) is 1. The molecule has 1 heterocycles. The van der Waals surface area contributed by atoms with Crippen LogP contribution in [-0.4, -0.2) is 42.9 Å². The van der Waals surface area contributed by atoms with Crippen molar-refractivity contribution in [1.82, 2.24) is 10.2 Å². The Balaban J connectivity index is 1.87. The molecule has 0 saturated carbocycles. The molecule has 7 heteroatoms. The first-order valence-electron chi connectivity index (χ1n) is 8.20. The highest BCUT2D eigenvalue weighted by Gasteiger charge is 2.28. The summed E-state index contributed by atoms with van der Waals surface area (Å²) in [6.07, 6.45) is 1.72. The van der Waals surface area contributed by atoms with Gasteiger partial charge in [-0.1, -0.05) is 0 Å². The number of piperidine rings is 1. The normalized spacial score (nSPS) is 17.6. The minimum absolute atomic E-state index is 0.0888. The number of likely N-dealkylation sites (tertiary alicyclic amines) is 1. The third-order valence-corrected chi connectivity index (χ3v) is 4.20. The standard InChI is InChI=1S/C17H23F2N3O2/c18-14-4-5-15(19)12(10-14)3-6-16(23)22-9-1-2-13(11-22)17(24)21-8-7-20/h4-5,10,13H,1-3,6-9,11,20H2,(H,21,24). The second-order valence-electron chi connectivity index (χ2n) is 5.99. The van der Waals surface area contributed by atoms with Crippen molar-refractivity contribution in [2.75, 3.05) is 26.2 Å². The number of benzene rings is 1. The molecular formula is C17H23F2N3O2. The molecule has 24 heavy (non-hydrogen) atoms. The monoisotopic (exact) mass is 339 g/mol. The molecule has 0 aromatic heterocycles. The van der Waals surface area contributed by atoms with Crippen LogP contribution in [0.25, 0.3) is 0 Å². The van der Waals surface area contributed by atoms with Crippen molar-refractivity contribution in [1.29, 1.82) is 0 Å². The molecule has 132 valence electrons. The Morgan fingerprint density at radius 3 is 2.88 bits per heavy atom. The third-order valence-electron chi connectivity index (χ3n) is 4.20. The maximum absolute atomic E-state index is 13.6. The molecule has 0 spiro atoms. The van der Waals surface area contributed by atoms with E-state index in [9.17, 15) is 18.4 Å². The summed E-state index contributed by atoms with van der Waals surface area (Å²) in [5.74, 6) is -1.50. The summed E-state index contributed by atoms with van der Waals surface area (Å²) in [4.78, 5) is 25.9. The summed E-state index contributed by atoms with van der Waals surface area (Å²) in [5.41, 5.74) is 5.56. The number of rotatable bonds is 6. The molecule has 0 aliphatic carbocycles. The van der Waals surface area contributed by atoms with Crippen molar-refractivity contribution < 1.29 is 18.4 Å². The molecule has 2 rings (SSSR count). The van der Waals surface area contributed by atoms with Crippen molar-refractivity contribution in [2.24, 2.45) is 11.7 Å². The van der Waals surface area contributed by atoms with Crippen molar-refractivity contribution in [3.63, 3.8) is 0 Å². The zero-order valence-corrected chi connectivity index (χ0v) is 13.6. The fraction of sp³-hybridized carbons (Fsp3) is 0.529. The van der Waals surface area contributed by atoms with Gasteiger partial charge in [0.15, 0.2) is 0 Å². The number of hydrogen-bond acceptors (Lipinski definition) is 3. The lowest BCUT2D eigenvalue weighted by molar-refractivity contribution is -0.135. The van der Waals surface area contributed by atoms with Gasteiger partial charge in [-0.2, -0.15) is 0 Å². The third kappa shape index (κ3) is 4.99. The molecule has 1 unspecified atom stereocenters. The summed E-state index contributed by atoms with van der Waals surface area (Å²) < 4.78 is 26.7. The number of amides is 2. The van der Waals surface area contributed by atoms with Gasteiger partial charge in [0.25, 0.3) is 0 Å². The first kappa shape index (κ1) is 18.3. The number of hydrogen-bond donors (Lipinski definition) is 2. The van der Waals surface area contributed by atoms with Crippen LogP contribution in [0.1, 0.15) is 24.8 Å². The molecule has 5 nitrogen and oxygen atoms in total. The number of aryl methyl sites for hydroxylation is 1. The van der Waals surface area contributed by atoms with Gasteiger partial charge in [-0.15, -0.1) is 0 Å². The summed E-state index contributed by atoms with van der Waals surface area (Å²) in [6, 6.07) is 3.23. The second kappa shape index (κ2) is 8.73. The fourth-order valence-electron chi connectivity index (χ4n) is 2.89. The van der Waals surface area contributed by atoms with E-state index in [2.05, 4.69) is 5.32 Å². The highest BCUT2D eigenvalue weighted by Crippen LogP contribution is 2.19. The van der Waals surface area contributed by atoms with Crippen LogP contribution in [0, 0.1) is 17.6 Å². The van der Waals surface area contributed by atoms with Gasteiger partial charge >= 0.3 is 0 Å². The van der Waals surface area contributed by atoms with Crippen molar-refractivity contribution in [3.05, 3.63) is 35.4 Å². The summed E-state index contributed by atoms with van der Waals surface area (Å²) in [7, 11) is 0. The Morgan fingerprint density at radius 2 is 2.12 bits per heavy atom. The van der Waals surface area contributed by atoms with Crippen LogP contribution in [0.4, 0.5) is 8.78 Å². The van der Waals surface area contributed by atoms with Crippen LogP contribution in [0.15, 0.2) is 18.2 Å². The molecule has 1 aromatic carbocycles. The molecular weight excluding hydrogens is 316 g/mol. The van der Waals surface area contributed by atoms with Gasteiger partial charge in [0.2, 0.25) is 11.8 Å². The number of carbonyl (C=O) groups is 2. The van der Waals surface area contributed by atoms with Gasteiger partial charge in [-0.05, 0) is 43.0 Å². The Kier molecular flexibility index (Phi) is 6.66. The summed E-state index contributed by atoms with van der Waals surface area (Å²) in [6.45, 7) is 1.74. The van der Waals surface area contributed by atoms with E-state index in [0.29, 0.717) is 26.2 Å². The Hall–Kier alpha value is -2.02. The largest absolute Gasteiger partial charge is 0.355 e. The van der Waals surface area contributed by atoms with Crippen molar-refractivity contribution >= 4 is 11.8 Å². The molecule has 1 fully saturated rings. The topological polar surface area (TPSA) is 75.4 Å². The zero-order chi connectivity index (χ0) is 17.5. The minimum atomic E-state index is -0.520. The highest BCUT2D eigenvalue weighted by molar-refractivity contribution is 5.81. The summed E-state index contributed by atoms with van der Waals surface area (Å²) >= 11 is 0. The van der Waals surface area contributed by atoms with Crippen LogP contribution in [0.2, 0.25) is 0 Å². The minimum Gasteiger partial charge on any atom is -0.355 e. The van der Waals surface area contributed by atoms with E-state index in [1.54, 1.807) is 4.90 Å². The lowest BCUT2D eigenvalue weighted by atomic mass is 9.96. The smallest absolute Gasteiger partial charge is 0.224 e. The van der Waals surface area contributed by atoms with Crippen LogP contribution in [0.5, 0.6) is 0 Å². The van der Waals surface area contributed by atoms with E-state index < -0.39 is 11.6 Å². The predicted molar refractivity (Wildman–Crippen MR) is 86.0 cm³/mol. The van der Waals surface area contributed by atoms with Crippen molar-refractivity contribution in [2.45, 2.75) is 25.7 Å². The van der Waals surface area contributed by atoms with E-state index in [-0.39, 0.29) is 36.1 Å². The number of carbonyl (C=O) groups excluding carboxylic acids is 2. The predicted octanol–water partition coefficient (Wildman–Crippen LogP) is 1.21. The fourth-order valence-corrected chi connectivity index (χ4v) is 2.89. The van der Waals surface area contributed by atoms with E-state index in [4.69, 9.17) is 5.73 Å². The maximum Gasteiger partial charge on any atom is 0.224 e. The highest BCUT2D eigenvalue weighted by atomic mass is 19.1. The molecule has 1 atom stereocenters. The average Bonchev–Trinajstić information content (AvgIpc) is 2.60. The van der Waals surface area contributed by atoms with E-state index in [1.807, 2.05) is 0 Å². The molecule has 2 amide bonds. The lowest BCUT2D eigenvalue weighted by Gasteiger charge is -2.32. The van der Waals surface area contributed by atoms with Gasteiger partial charge < -0.3 is 16.0 Å². The first-order valence-corrected chi connectivity index (χ1v) is 8.20. The number of halogens is 2. The second-order valence-corrected chi connectivity index (χ2v) is 5.99. The molecule has 0 bridgehead atoms. The number of nitrogens with one attached hydrogen (secondary N) is 1. The summed E-state index contributed by atoms with van der Waals surface area (Å²) in [5, 5.41) is 2.74. The van der Waals surface area contributed by atoms with Gasteiger partial charge in [-0.25, -0.2) is 8.78 Å². The maximum atomic E-state index is 13.6. The van der Waals surface area contributed by atoms with E-state index in [0.717, 1.165) is 31.0 Å². The first-order chi connectivity index (χ1) is 11.5. The van der Waals surface area contributed by atoms with Crippen LogP contribution >= 0.6 is 0 Å². The van der Waals surface area contributed by atoms with Crippen molar-refractivity contribution in [3.8, 4) is 0 Å².